The van der Waals surface area contributed by atoms with E-state index in [1.807, 2.05) is 32.0 Å². The minimum atomic E-state index is -0.743. The third-order valence-electron chi connectivity index (χ3n) is 4.80. The van der Waals surface area contributed by atoms with Gasteiger partial charge in [-0.1, -0.05) is 43.9 Å². The summed E-state index contributed by atoms with van der Waals surface area (Å²) in [5, 5.41) is 3.03. The molecule has 2 rings (SSSR count). The van der Waals surface area contributed by atoms with Gasteiger partial charge in [0.1, 0.15) is 0 Å². The summed E-state index contributed by atoms with van der Waals surface area (Å²) >= 11 is 0. The lowest BCUT2D eigenvalue weighted by Crippen LogP contribution is -2.42. The van der Waals surface area contributed by atoms with E-state index in [0.717, 1.165) is 36.8 Å². The largest absolute Gasteiger partial charge is 0.452 e. The first-order chi connectivity index (χ1) is 11.5. The van der Waals surface area contributed by atoms with Crippen LogP contribution in [-0.2, 0) is 20.7 Å². The standard InChI is InChI=1S/C20H29NO3/c1-14-10-11-17(12-15(14)2)13-19(22)24-16(3)20(23)21-18-8-6-4-5-7-9-18/h10-12,16,18H,4-9,13H2,1-3H3,(H,21,23)/t16-/m1/s1. The van der Waals surface area contributed by atoms with Gasteiger partial charge in [-0.3, -0.25) is 9.59 Å². The maximum absolute atomic E-state index is 12.2. The number of aryl methyl sites for hydroxylation is 2. The fourth-order valence-electron chi connectivity index (χ4n) is 3.11. The highest BCUT2D eigenvalue weighted by molar-refractivity contribution is 5.84. The average Bonchev–Trinajstić information content (AvgIpc) is 2.79. The zero-order chi connectivity index (χ0) is 17.5. The van der Waals surface area contributed by atoms with Gasteiger partial charge in [0.25, 0.3) is 5.91 Å². The predicted octanol–water partition coefficient (Wildman–Crippen LogP) is 3.62. The molecule has 1 aliphatic rings. The highest BCUT2D eigenvalue weighted by atomic mass is 16.5. The van der Waals surface area contributed by atoms with Gasteiger partial charge in [-0.25, -0.2) is 0 Å². The van der Waals surface area contributed by atoms with Gasteiger partial charge < -0.3 is 10.1 Å². The number of benzene rings is 1. The summed E-state index contributed by atoms with van der Waals surface area (Å²) in [6.45, 7) is 5.70. The van der Waals surface area contributed by atoms with Crippen LogP contribution in [-0.4, -0.2) is 24.0 Å². The number of carbonyl (C=O) groups is 2. The SMILES string of the molecule is Cc1ccc(CC(=O)O[C@H](C)C(=O)NC2CCCCCC2)cc1C. The van der Waals surface area contributed by atoms with E-state index >= 15 is 0 Å². The van der Waals surface area contributed by atoms with Gasteiger partial charge in [-0.15, -0.1) is 0 Å². The number of rotatable bonds is 5. The monoisotopic (exact) mass is 331 g/mol. The molecule has 1 aromatic rings. The van der Waals surface area contributed by atoms with E-state index in [1.54, 1.807) is 6.92 Å². The van der Waals surface area contributed by atoms with Crippen molar-refractivity contribution in [2.45, 2.75) is 77.9 Å². The number of amides is 1. The van der Waals surface area contributed by atoms with Crippen molar-refractivity contribution in [3.63, 3.8) is 0 Å². The Bertz CT molecular complexity index is 574. The highest BCUT2D eigenvalue weighted by Gasteiger charge is 2.21. The molecule has 1 amide bonds. The van der Waals surface area contributed by atoms with Gasteiger partial charge in [0.2, 0.25) is 0 Å². The molecule has 0 aliphatic heterocycles. The molecule has 1 aromatic carbocycles. The maximum atomic E-state index is 12.2. The lowest BCUT2D eigenvalue weighted by molar-refractivity contribution is -0.154. The molecule has 0 saturated heterocycles. The fourth-order valence-corrected chi connectivity index (χ4v) is 3.11. The second-order valence-electron chi connectivity index (χ2n) is 6.92. The van der Waals surface area contributed by atoms with Gasteiger partial charge in [-0.05, 0) is 50.3 Å². The molecule has 0 heterocycles. The fraction of sp³-hybridized carbons (Fsp3) is 0.600. The van der Waals surface area contributed by atoms with Crippen LogP contribution in [0.3, 0.4) is 0 Å². The zero-order valence-electron chi connectivity index (χ0n) is 15.1. The first kappa shape index (κ1) is 18.5. The zero-order valence-corrected chi connectivity index (χ0v) is 15.1. The molecule has 0 unspecified atom stereocenters. The van der Waals surface area contributed by atoms with Gasteiger partial charge in [0.15, 0.2) is 6.10 Å². The van der Waals surface area contributed by atoms with Crippen LogP contribution < -0.4 is 5.32 Å². The number of hydrogen-bond acceptors (Lipinski definition) is 3. The minimum absolute atomic E-state index is 0.185. The van der Waals surface area contributed by atoms with E-state index in [2.05, 4.69) is 5.32 Å². The quantitative estimate of drug-likeness (QED) is 0.662. The third-order valence-corrected chi connectivity index (χ3v) is 4.80. The third kappa shape index (κ3) is 5.66. The molecule has 4 heteroatoms. The summed E-state index contributed by atoms with van der Waals surface area (Å²) in [6.07, 6.45) is 6.30. The summed E-state index contributed by atoms with van der Waals surface area (Å²) in [7, 11) is 0. The second kappa shape index (κ2) is 8.86. The molecule has 1 atom stereocenters. The lowest BCUT2D eigenvalue weighted by Gasteiger charge is -2.19. The molecule has 1 saturated carbocycles. The molecule has 4 nitrogen and oxygen atoms in total. The Morgan fingerprint density at radius 3 is 2.42 bits per heavy atom. The van der Waals surface area contributed by atoms with E-state index in [1.165, 1.54) is 18.4 Å². The Labute approximate surface area is 145 Å². The van der Waals surface area contributed by atoms with Crippen molar-refractivity contribution < 1.29 is 14.3 Å². The average molecular weight is 331 g/mol. The molecule has 24 heavy (non-hydrogen) atoms. The summed E-state index contributed by atoms with van der Waals surface area (Å²) < 4.78 is 5.31. The van der Waals surface area contributed by atoms with Crippen molar-refractivity contribution in [1.82, 2.24) is 5.32 Å². The number of hydrogen-bond donors (Lipinski definition) is 1. The number of carbonyl (C=O) groups excluding carboxylic acids is 2. The van der Waals surface area contributed by atoms with Crippen LogP contribution in [0.25, 0.3) is 0 Å². The molecule has 1 fully saturated rings. The Morgan fingerprint density at radius 2 is 1.79 bits per heavy atom. The van der Waals surface area contributed by atoms with Crippen LogP contribution in [0.5, 0.6) is 0 Å². The lowest BCUT2D eigenvalue weighted by atomic mass is 10.0. The Kier molecular flexibility index (Phi) is 6.83. The highest BCUT2D eigenvalue weighted by Crippen LogP contribution is 2.17. The van der Waals surface area contributed by atoms with Crippen LogP contribution in [0.2, 0.25) is 0 Å². The summed E-state index contributed by atoms with van der Waals surface area (Å²) in [6, 6.07) is 6.15. The normalized spacial score (nSPS) is 17.0. The summed E-state index contributed by atoms with van der Waals surface area (Å²) in [5.41, 5.74) is 3.27. The molecular formula is C20H29NO3. The first-order valence-electron chi connectivity index (χ1n) is 9.01. The first-order valence-corrected chi connectivity index (χ1v) is 9.01. The van der Waals surface area contributed by atoms with Crippen LogP contribution in [0, 0.1) is 13.8 Å². The van der Waals surface area contributed by atoms with Crippen molar-refractivity contribution in [3.05, 3.63) is 34.9 Å². The van der Waals surface area contributed by atoms with E-state index in [0.29, 0.717) is 0 Å². The van der Waals surface area contributed by atoms with E-state index in [9.17, 15) is 9.59 Å². The van der Waals surface area contributed by atoms with E-state index < -0.39 is 6.10 Å². The molecular weight excluding hydrogens is 302 g/mol. The molecule has 132 valence electrons. The van der Waals surface area contributed by atoms with Gasteiger partial charge in [0.05, 0.1) is 6.42 Å². The van der Waals surface area contributed by atoms with Gasteiger partial charge in [-0.2, -0.15) is 0 Å². The van der Waals surface area contributed by atoms with Crippen LogP contribution >= 0.6 is 0 Å². The Morgan fingerprint density at radius 1 is 1.12 bits per heavy atom. The molecule has 0 bridgehead atoms. The van der Waals surface area contributed by atoms with Crippen molar-refractivity contribution >= 4 is 11.9 Å². The summed E-state index contributed by atoms with van der Waals surface area (Å²) in [4.78, 5) is 24.3. The summed E-state index contributed by atoms with van der Waals surface area (Å²) in [5.74, 6) is -0.544. The topological polar surface area (TPSA) is 55.4 Å². The van der Waals surface area contributed by atoms with Crippen LogP contribution in [0.1, 0.15) is 62.1 Å². The number of esters is 1. The molecule has 1 N–H and O–H groups in total. The Hall–Kier alpha value is -1.84. The molecule has 0 aromatic heterocycles. The van der Waals surface area contributed by atoms with Crippen LogP contribution in [0.4, 0.5) is 0 Å². The van der Waals surface area contributed by atoms with Crippen molar-refractivity contribution in [2.75, 3.05) is 0 Å². The van der Waals surface area contributed by atoms with E-state index in [4.69, 9.17) is 4.74 Å². The molecule has 0 spiro atoms. The number of nitrogens with one attached hydrogen (secondary N) is 1. The second-order valence-corrected chi connectivity index (χ2v) is 6.92. The number of ether oxygens (including phenoxy) is 1. The van der Waals surface area contributed by atoms with Gasteiger partial charge in [0, 0.05) is 6.04 Å². The van der Waals surface area contributed by atoms with Crippen LogP contribution in [0.15, 0.2) is 18.2 Å². The maximum Gasteiger partial charge on any atom is 0.311 e. The minimum Gasteiger partial charge on any atom is -0.452 e. The van der Waals surface area contributed by atoms with E-state index in [-0.39, 0.29) is 24.3 Å². The molecule has 0 radical (unpaired) electrons. The smallest absolute Gasteiger partial charge is 0.311 e. The van der Waals surface area contributed by atoms with Gasteiger partial charge >= 0.3 is 5.97 Å². The van der Waals surface area contributed by atoms with Crippen molar-refractivity contribution in [3.8, 4) is 0 Å². The Balaban J connectivity index is 1.81. The predicted molar refractivity (Wildman–Crippen MR) is 94.8 cm³/mol. The molecule has 1 aliphatic carbocycles. The van der Waals surface area contributed by atoms with Crippen molar-refractivity contribution in [2.24, 2.45) is 0 Å². The van der Waals surface area contributed by atoms with Crippen molar-refractivity contribution in [1.29, 1.82) is 0 Å².